The highest BCUT2D eigenvalue weighted by atomic mass is 35.5. The minimum atomic E-state index is 0.00762. The van der Waals surface area contributed by atoms with Crippen LogP contribution in [0.5, 0.6) is 0 Å². The van der Waals surface area contributed by atoms with Gasteiger partial charge in [-0.3, -0.25) is 0 Å². The molecule has 0 atom stereocenters. The van der Waals surface area contributed by atoms with Crippen LogP contribution in [0.1, 0.15) is 45.4 Å². The number of rotatable bonds is 5. The van der Waals surface area contributed by atoms with E-state index in [4.69, 9.17) is 11.6 Å². The summed E-state index contributed by atoms with van der Waals surface area (Å²) in [6.45, 7) is 8.70. The molecule has 1 N–H and O–H groups in total. The van der Waals surface area contributed by atoms with Crippen molar-refractivity contribution < 1.29 is 0 Å². The van der Waals surface area contributed by atoms with E-state index in [0.29, 0.717) is 5.28 Å². The first-order chi connectivity index (χ1) is 8.95. The molecule has 2 aromatic heterocycles. The Morgan fingerprint density at radius 3 is 2.68 bits per heavy atom. The van der Waals surface area contributed by atoms with E-state index in [1.54, 1.807) is 11.3 Å². The summed E-state index contributed by atoms with van der Waals surface area (Å²) < 4.78 is 0. The fraction of sp³-hybridized carbons (Fsp3) is 0.571. The van der Waals surface area contributed by atoms with Crippen molar-refractivity contribution in [3.8, 4) is 0 Å². The topological polar surface area (TPSA) is 37.8 Å². The smallest absolute Gasteiger partial charge is 0.225 e. The van der Waals surface area contributed by atoms with E-state index in [1.165, 1.54) is 4.88 Å². The summed E-state index contributed by atoms with van der Waals surface area (Å²) in [4.78, 5) is 11.0. The lowest BCUT2D eigenvalue weighted by Gasteiger charge is -2.26. The van der Waals surface area contributed by atoms with Crippen molar-refractivity contribution in [1.29, 1.82) is 0 Å². The van der Waals surface area contributed by atoms with Gasteiger partial charge in [-0.25, -0.2) is 9.97 Å². The van der Waals surface area contributed by atoms with E-state index in [0.717, 1.165) is 35.3 Å². The highest BCUT2D eigenvalue weighted by Crippen LogP contribution is 2.32. The third kappa shape index (κ3) is 3.37. The van der Waals surface area contributed by atoms with Crippen molar-refractivity contribution in [3.05, 3.63) is 16.2 Å². The summed E-state index contributed by atoms with van der Waals surface area (Å²) in [5.41, 5.74) is 0.00762. The van der Waals surface area contributed by atoms with Crippen LogP contribution in [0.4, 0.5) is 5.82 Å². The molecule has 0 spiro atoms. The van der Waals surface area contributed by atoms with Crippen molar-refractivity contribution in [2.45, 2.75) is 52.5 Å². The number of hydrogen-bond acceptors (Lipinski definition) is 4. The summed E-state index contributed by atoms with van der Waals surface area (Å²) in [6.07, 6.45) is 3.23. The highest BCUT2D eigenvalue weighted by molar-refractivity contribution is 7.18. The Morgan fingerprint density at radius 1 is 1.32 bits per heavy atom. The number of hydrogen-bond donors (Lipinski definition) is 1. The summed E-state index contributed by atoms with van der Waals surface area (Å²) >= 11 is 7.72. The molecule has 0 unspecified atom stereocenters. The number of fused-ring (bicyclic) bond motifs is 1. The maximum Gasteiger partial charge on any atom is 0.225 e. The lowest BCUT2D eigenvalue weighted by molar-refractivity contribution is 0.509. The molecular weight excluding hydrogens is 278 g/mol. The van der Waals surface area contributed by atoms with Crippen molar-refractivity contribution in [1.82, 2.24) is 9.97 Å². The fourth-order valence-electron chi connectivity index (χ4n) is 2.22. The monoisotopic (exact) mass is 297 g/mol. The highest BCUT2D eigenvalue weighted by Gasteiger charge is 2.19. The van der Waals surface area contributed by atoms with Gasteiger partial charge in [0.2, 0.25) is 5.28 Å². The minimum Gasteiger partial charge on any atom is -0.365 e. The summed E-state index contributed by atoms with van der Waals surface area (Å²) in [7, 11) is 0. The molecule has 0 aliphatic heterocycles. The van der Waals surface area contributed by atoms with Gasteiger partial charge in [-0.1, -0.05) is 20.3 Å². The van der Waals surface area contributed by atoms with Crippen LogP contribution < -0.4 is 5.32 Å². The molecule has 3 nitrogen and oxygen atoms in total. The molecule has 2 rings (SSSR count). The van der Waals surface area contributed by atoms with Crippen LogP contribution >= 0.6 is 22.9 Å². The lowest BCUT2D eigenvalue weighted by Crippen LogP contribution is -2.31. The zero-order chi connectivity index (χ0) is 14.0. The number of nitrogens with one attached hydrogen (secondary N) is 1. The quantitative estimate of drug-likeness (QED) is 0.798. The largest absolute Gasteiger partial charge is 0.365 e. The SMILES string of the molecule is CCCC(C)(C)Nc1nc(Cl)nc2sc(CC)cc12. The van der Waals surface area contributed by atoms with Gasteiger partial charge in [-0.05, 0) is 44.4 Å². The van der Waals surface area contributed by atoms with Gasteiger partial charge in [0, 0.05) is 10.4 Å². The third-order valence-corrected chi connectivity index (χ3v) is 4.44. The second kappa shape index (κ2) is 5.63. The van der Waals surface area contributed by atoms with Crippen LogP contribution in [-0.2, 0) is 6.42 Å². The number of halogens is 1. The molecule has 0 amide bonds. The molecule has 0 saturated carbocycles. The van der Waals surface area contributed by atoms with Gasteiger partial charge in [-0.15, -0.1) is 11.3 Å². The number of aryl methyl sites for hydroxylation is 1. The third-order valence-electron chi connectivity index (χ3n) is 3.10. The van der Waals surface area contributed by atoms with Gasteiger partial charge in [0.15, 0.2) is 0 Å². The van der Waals surface area contributed by atoms with Crippen LogP contribution in [0.2, 0.25) is 5.28 Å². The second-order valence-corrected chi connectivity index (χ2v) is 6.84. The fourth-order valence-corrected chi connectivity index (χ4v) is 3.41. The van der Waals surface area contributed by atoms with Gasteiger partial charge in [0.1, 0.15) is 10.6 Å². The van der Waals surface area contributed by atoms with E-state index in [-0.39, 0.29) is 5.54 Å². The Morgan fingerprint density at radius 2 is 2.05 bits per heavy atom. The van der Waals surface area contributed by atoms with E-state index in [2.05, 4.69) is 49.0 Å². The van der Waals surface area contributed by atoms with Gasteiger partial charge >= 0.3 is 0 Å². The predicted octanol–water partition coefficient (Wildman–Crippen LogP) is 4.90. The summed E-state index contributed by atoms with van der Waals surface area (Å²) in [5, 5.41) is 4.90. The van der Waals surface area contributed by atoms with Gasteiger partial charge in [0.05, 0.1) is 5.39 Å². The molecule has 0 fully saturated rings. The van der Waals surface area contributed by atoms with E-state index >= 15 is 0 Å². The van der Waals surface area contributed by atoms with Crippen LogP contribution in [0, 0.1) is 0 Å². The number of anilines is 1. The maximum atomic E-state index is 6.03. The molecule has 2 aromatic rings. The number of nitrogens with zero attached hydrogens (tertiary/aromatic N) is 2. The van der Waals surface area contributed by atoms with Crippen LogP contribution in [-0.4, -0.2) is 15.5 Å². The molecule has 0 aliphatic carbocycles. The molecule has 0 aliphatic rings. The van der Waals surface area contributed by atoms with Gasteiger partial charge < -0.3 is 5.32 Å². The molecule has 0 bridgehead atoms. The van der Waals surface area contributed by atoms with Crippen molar-refractivity contribution >= 4 is 39.0 Å². The molecule has 0 aromatic carbocycles. The lowest BCUT2D eigenvalue weighted by atomic mass is 9.99. The van der Waals surface area contributed by atoms with E-state index in [9.17, 15) is 0 Å². The average molecular weight is 298 g/mol. The maximum absolute atomic E-state index is 6.03. The Kier molecular flexibility index (Phi) is 4.31. The Balaban J connectivity index is 2.44. The van der Waals surface area contributed by atoms with E-state index < -0.39 is 0 Å². The molecule has 5 heteroatoms. The minimum absolute atomic E-state index is 0.00762. The van der Waals surface area contributed by atoms with Gasteiger partial charge in [0.25, 0.3) is 0 Å². The predicted molar refractivity (Wildman–Crippen MR) is 84.4 cm³/mol. The number of aromatic nitrogens is 2. The van der Waals surface area contributed by atoms with Crippen molar-refractivity contribution in [3.63, 3.8) is 0 Å². The molecule has 2 heterocycles. The zero-order valence-electron chi connectivity index (χ0n) is 11.9. The molecule has 104 valence electrons. The molecule has 0 saturated heterocycles. The van der Waals surface area contributed by atoms with Gasteiger partial charge in [-0.2, -0.15) is 0 Å². The molecule has 0 radical (unpaired) electrons. The summed E-state index contributed by atoms with van der Waals surface area (Å²) in [5.74, 6) is 0.851. The average Bonchev–Trinajstić information content (AvgIpc) is 2.71. The van der Waals surface area contributed by atoms with Crippen LogP contribution in [0.15, 0.2) is 6.07 Å². The first kappa shape index (κ1) is 14.5. The first-order valence-electron chi connectivity index (χ1n) is 6.69. The number of thiophene rings is 1. The van der Waals surface area contributed by atoms with Crippen molar-refractivity contribution in [2.24, 2.45) is 0 Å². The zero-order valence-corrected chi connectivity index (χ0v) is 13.5. The Bertz CT molecular complexity index is 577. The van der Waals surface area contributed by atoms with Crippen LogP contribution in [0.3, 0.4) is 0 Å². The van der Waals surface area contributed by atoms with Crippen molar-refractivity contribution in [2.75, 3.05) is 5.32 Å². The van der Waals surface area contributed by atoms with E-state index in [1.807, 2.05) is 0 Å². The Labute approximate surface area is 123 Å². The Hall–Kier alpha value is -0.870. The molecule has 19 heavy (non-hydrogen) atoms. The first-order valence-corrected chi connectivity index (χ1v) is 7.88. The van der Waals surface area contributed by atoms with Crippen LogP contribution in [0.25, 0.3) is 10.2 Å². The summed E-state index contributed by atoms with van der Waals surface area (Å²) in [6, 6.07) is 2.17. The second-order valence-electron chi connectivity index (χ2n) is 5.39. The standard InChI is InChI=1S/C14H20ClN3S/c1-5-7-14(3,4)18-11-10-8-9(6-2)19-12(10)17-13(15)16-11/h8H,5-7H2,1-4H3,(H,16,17,18). The normalized spacial score (nSPS) is 12.1. The molecular formula is C14H20ClN3S.